The van der Waals surface area contributed by atoms with E-state index in [2.05, 4.69) is 4.90 Å². The van der Waals surface area contributed by atoms with E-state index in [9.17, 15) is 18.3 Å². The minimum absolute atomic E-state index is 0.0589. The van der Waals surface area contributed by atoms with Crippen molar-refractivity contribution in [3.8, 4) is 0 Å². The number of halogens is 2. The summed E-state index contributed by atoms with van der Waals surface area (Å²) in [5.41, 5.74) is 0.915. The Hall–Kier alpha value is -1.02. The van der Waals surface area contributed by atoms with E-state index in [1.165, 1.54) is 4.90 Å². The predicted octanol–water partition coefficient (Wildman–Crippen LogP) is 3.12. The lowest BCUT2D eigenvalue weighted by Gasteiger charge is -2.38. The molecule has 9 heteroatoms. The fourth-order valence-electron chi connectivity index (χ4n) is 3.80. The van der Waals surface area contributed by atoms with Crippen molar-refractivity contribution in [1.29, 1.82) is 0 Å². The highest BCUT2D eigenvalue weighted by molar-refractivity contribution is 7.91. The first kappa shape index (κ1) is 19.7. The molecule has 1 amide bonds. The average Bonchev–Trinajstić information content (AvgIpc) is 3.05. The summed E-state index contributed by atoms with van der Waals surface area (Å²) < 4.78 is 23.6. The monoisotopic (exact) mass is 420 g/mol. The van der Waals surface area contributed by atoms with Gasteiger partial charge in [-0.1, -0.05) is 29.3 Å². The summed E-state index contributed by atoms with van der Waals surface area (Å²) in [6.45, 7) is 1.48. The van der Waals surface area contributed by atoms with E-state index in [4.69, 9.17) is 23.2 Å². The topological polar surface area (TPSA) is 77.9 Å². The van der Waals surface area contributed by atoms with Gasteiger partial charge in [-0.3, -0.25) is 4.90 Å². The Balaban J connectivity index is 1.80. The minimum Gasteiger partial charge on any atom is -0.465 e. The number of likely N-dealkylation sites (tertiary alicyclic amines) is 1. The molecular weight excluding hydrogens is 399 g/mol. The molecule has 2 aliphatic heterocycles. The number of benzene rings is 1. The van der Waals surface area contributed by atoms with Crippen LogP contribution in [0.15, 0.2) is 18.2 Å². The summed E-state index contributed by atoms with van der Waals surface area (Å²) in [5, 5.41) is 10.4. The Kier molecular flexibility index (Phi) is 6.01. The molecule has 2 fully saturated rings. The van der Waals surface area contributed by atoms with E-state index in [0.29, 0.717) is 42.5 Å². The van der Waals surface area contributed by atoms with E-state index in [1.54, 1.807) is 12.1 Å². The fourth-order valence-corrected chi connectivity index (χ4v) is 5.73. The standard InChI is InChI=1S/C17H22Cl2N2O4S/c18-13-2-1-12(16(19)9-13)10-21(14-4-7-26(24,25)8-5-14)15-3-6-20(11-15)17(22)23/h1-2,9,14-15H,3-8,10-11H2,(H,22,23)/t15-/m0/s1. The van der Waals surface area contributed by atoms with Crippen LogP contribution in [0.25, 0.3) is 0 Å². The minimum atomic E-state index is -2.96. The fraction of sp³-hybridized carbons (Fsp3) is 0.588. The summed E-state index contributed by atoms with van der Waals surface area (Å²) in [7, 11) is -2.96. The Morgan fingerprint density at radius 1 is 1.19 bits per heavy atom. The highest BCUT2D eigenvalue weighted by Gasteiger charge is 2.36. The zero-order chi connectivity index (χ0) is 18.9. The van der Waals surface area contributed by atoms with Crippen LogP contribution in [-0.2, 0) is 16.4 Å². The molecule has 1 aromatic rings. The van der Waals surface area contributed by atoms with Gasteiger partial charge in [0.05, 0.1) is 11.5 Å². The molecule has 26 heavy (non-hydrogen) atoms. The van der Waals surface area contributed by atoms with E-state index >= 15 is 0 Å². The van der Waals surface area contributed by atoms with E-state index < -0.39 is 15.9 Å². The number of amides is 1. The summed E-state index contributed by atoms with van der Waals surface area (Å²) >= 11 is 12.3. The van der Waals surface area contributed by atoms with Crippen molar-refractivity contribution in [1.82, 2.24) is 9.80 Å². The molecule has 0 spiro atoms. The number of carbonyl (C=O) groups is 1. The maximum absolute atomic E-state index is 11.8. The van der Waals surface area contributed by atoms with Crippen molar-refractivity contribution in [2.24, 2.45) is 0 Å². The molecule has 2 heterocycles. The Labute approximate surface area is 163 Å². The first-order chi connectivity index (χ1) is 12.2. The molecule has 3 rings (SSSR count). The molecule has 1 atom stereocenters. The summed E-state index contributed by atoms with van der Waals surface area (Å²) in [5.74, 6) is 0.357. The van der Waals surface area contributed by atoms with Gasteiger partial charge in [-0.05, 0) is 37.0 Å². The lowest BCUT2D eigenvalue weighted by atomic mass is 10.0. The van der Waals surface area contributed by atoms with Crippen LogP contribution in [0.3, 0.4) is 0 Å². The van der Waals surface area contributed by atoms with Crippen molar-refractivity contribution in [3.63, 3.8) is 0 Å². The zero-order valence-corrected chi connectivity index (χ0v) is 16.6. The van der Waals surface area contributed by atoms with Gasteiger partial charge in [-0.25, -0.2) is 13.2 Å². The van der Waals surface area contributed by atoms with Gasteiger partial charge in [0.1, 0.15) is 9.84 Å². The maximum atomic E-state index is 11.8. The third-order valence-corrected chi connectivity index (χ3v) is 7.57. The van der Waals surface area contributed by atoms with Gasteiger partial charge in [0.15, 0.2) is 0 Å². The van der Waals surface area contributed by atoms with Crippen LogP contribution in [0, 0.1) is 0 Å². The van der Waals surface area contributed by atoms with Gasteiger partial charge in [-0.15, -0.1) is 0 Å². The van der Waals surface area contributed by atoms with Crippen LogP contribution < -0.4 is 0 Å². The lowest BCUT2D eigenvalue weighted by molar-refractivity contribution is 0.111. The first-order valence-electron chi connectivity index (χ1n) is 8.63. The molecule has 1 aromatic carbocycles. The van der Waals surface area contributed by atoms with E-state index in [-0.39, 0.29) is 23.6 Å². The van der Waals surface area contributed by atoms with Gasteiger partial charge >= 0.3 is 6.09 Å². The smallest absolute Gasteiger partial charge is 0.407 e. The summed E-state index contributed by atoms with van der Waals surface area (Å²) in [4.78, 5) is 14.9. The second-order valence-electron chi connectivity index (χ2n) is 6.96. The third-order valence-electron chi connectivity index (χ3n) is 5.26. The van der Waals surface area contributed by atoms with Gasteiger partial charge in [-0.2, -0.15) is 0 Å². The molecule has 0 unspecified atom stereocenters. The first-order valence-corrected chi connectivity index (χ1v) is 11.2. The van der Waals surface area contributed by atoms with Crippen LogP contribution in [0.5, 0.6) is 0 Å². The quantitative estimate of drug-likeness (QED) is 0.809. The van der Waals surface area contributed by atoms with Gasteiger partial charge in [0.25, 0.3) is 0 Å². The second kappa shape index (κ2) is 7.92. The number of nitrogens with zero attached hydrogens (tertiary/aromatic N) is 2. The molecule has 6 nitrogen and oxygen atoms in total. The number of rotatable bonds is 4. The Bertz CT molecular complexity index is 773. The second-order valence-corrected chi connectivity index (χ2v) is 10.1. The normalized spacial score (nSPS) is 23.5. The number of carboxylic acid groups (broad SMARTS) is 1. The zero-order valence-electron chi connectivity index (χ0n) is 14.3. The van der Waals surface area contributed by atoms with Crippen LogP contribution in [0.1, 0.15) is 24.8 Å². The van der Waals surface area contributed by atoms with Crippen molar-refractivity contribution in [2.75, 3.05) is 24.6 Å². The van der Waals surface area contributed by atoms with Crippen molar-refractivity contribution >= 4 is 39.1 Å². The van der Waals surface area contributed by atoms with Gasteiger partial charge in [0.2, 0.25) is 0 Å². The number of sulfone groups is 1. The summed E-state index contributed by atoms with van der Waals surface area (Å²) in [6.07, 6.45) is 0.956. The van der Waals surface area contributed by atoms with E-state index in [1.807, 2.05) is 6.07 Å². The SMILES string of the molecule is O=C(O)N1CC[C@H](N(Cc2ccc(Cl)cc2Cl)C2CCS(=O)(=O)CC2)C1. The van der Waals surface area contributed by atoms with Crippen molar-refractivity contribution < 1.29 is 18.3 Å². The number of hydrogen-bond donors (Lipinski definition) is 1. The van der Waals surface area contributed by atoms with Crippen LogP contribution >= 0.6 is 23.2 Å². The molecule has 0 saturated carbocycles. The molecule has 2 saturated heterocycles. The molecule has 144 valence electrons. The summed E-state index contributed by atoms with van der Waals surface area (Å²) in [6, 6.07) is 5.51. The molecule has 2 aliphatic rings. The van der Waals surface area contributed by atoms with Gasteiger partial charge < -0.3 is 10.0 Å². The Morgan fingerprint density at radius 3 is 2.46 bits per heavy atom. The highest BCUT2D eigenvalue weighted by Crippen LogP contribution is 2.29. The van der Waals surface area contributed by atoms with Crippen LogP contribution in [0.4, 0.5) is 4.79 Å². The molecule has 1 N–H and O–H groups in total. The Morgan fingerprint density at radius 2 is 1.88 bits per heavy atom. The number of hydrogen-bond acceptors (Lipinski definition) is 4. The van der Waals surface area contributed by atoms with Crippen molar-refractivity contribution in [3.05, 3.63) is 33.8 Å². The molecule has 0 aromatic heterocycles. The van der Waals surface area contributed by atoms with Gasteiger partial charge in [0, 0.05) is 41.8 Å². The van der Waals surface area contributed by atoms with Crippen LogP contribution in [0.2, 0.25) is 10.0 Å². The molecule has 0 aliphatic carbocycles. The predicted molar refractivity (Wildman–Crippen MR) is 102 cm³/mol. The maximum Gasteiger partial charge on any atom is 0.407 e. The van der Waals surface area contributed by atoms with E-state index in [0.717, 1.165) is 12.0 Å². The molecule has 0 bridgehead atoms. The molecule has 0 radical (unpaired) electrons. The van der Waals surface area contributed by atoms with Crippen LogP contribution in [-0.4, -0.2) is 66.1 Å². The lowest BCUT2D eigenvalue weighted by Crippen LogP contribution is -2.47. The highest BCUT2D eigenvalue weighted by atomic mass is 35.5. The van der Waals surface area contributed by atoms with Crippen molar-refractivity contribution in [2.45, 2.75) is 37.9 Å². The largest absolute Gasteiger partial charge is 0.465 e. The third kappa shape index (κ3) is 4.63. The molecular formula is C17H22Cl2N2O4S. The average molecular weight is 421 g/mol.